The van der Waals surface area contributed by atoms with Crippen molar-refractivity contribution in [3.05, 3.63) is 26.6 Å². The van der Waals surface area contributed by atoms with E-state index < -0.39 is 5.91 Å². The number of halogens is 2. The molecular weight excluding hydrogens is 288 g/mol. The molecule has 3 nitrogen and oxygen atoms in total. The second-order valence-corrected chi connectivity index (χ2v) is 3.98. The fraction of sp³-hybridized carbons (Fsp3) is 0. The average molecular weight is 294 g/mol. The largest absolute Gasteiger partial charge is 0.397 e. The Balaban J connectivity index is 3.37. The number of carbonyl (C=O) groups is 1. The van der Waals surface area contributed by atoms with Crippen LogP contribution in [0, 0.1) is 0 Å². The highest BCUT2D eigenvalue weighted by atomic mass is 79.9. The number of primary amides is 1. The van der Waals surface area contributed by atoms with Gasteiger partial charge in [0.05, 0.1) is 11.3 Å². The zero-order valence-corrected chi connectivity index (χ0v) is 9.15. The van der Waals surface area contributed by atoms with E-state index in [9.17, 15) is 4.79 Å². The first kappa shape index (κ1) is 9.54. The molecule has 64 valence electrons. The molecule has 1 amide bonds. The van der Waals surface area contributed by atoms with Gasteiger partial charge in [-0.3, -0.25) is 4.79 Å². The van der Waals surface area contributed by atoms with Gasteiger partial charge in [0.15, 0.2) is 0 Å². The molecule has 0 heterocycles. The molecular formula is C7H6Br2N2O. The molecule has 1 aromatic carbocycles. The summed E-state index contributed by atoms with van der Waals surface area (Å²) in [5.74, 6) is -0.533. The third-order valence-electron chi connectivity index (χ3n) is 1.36. The summed E-state index contributed by atoms with van der Waals surface area (Å²) in [5, 5.41) is 0. The molecule has 0 saturated heterocycles. The molecule has 0 bridgehead atoms. The maximum absolute atomic E-state index is 10.8. The minimum Gasteiger partial charge on any atom is -0.397 e. The van der Waals surface area contributed by atoms with Crippen molar-refractivity contribution in [2.75, 3.05) is 5.73 Å². The average Bonchev–Trinajstić information content (AvgIpc) is 1.96. The van der Waals surface area contributed by atoms with Gasteiger partial charge in [-0.1, -0.05) is 15.9 Å². The normalized spacial score (nSPS) is 9.83. The van der Waals surface area contributed by atoms with Crippen molar-refractivity contribution < 1.29 is 4.79 Å². The molecule has 1 rings (SSSR count). The maximum Gasteiger partial charge on any atom is 0.250 e. The van der Waals surface area contributed by atoms with Gasteiger partial charge in [-0.25, -0.2) is 0 Å². The number of carbonyl (C=O) groups excluding carboxylic acids is 1. The Morgan fingerprint density at radius 1 is 1.33 bits per heavy atom. The zero-order valence-electron chi connectivity index (χ0n) is 5.97. The van der Waals surface area contributed by atoms with Crippen LogP contribution in [-0.4, -0.2) is 5.91 Å². The van der Waals surface area contributed by atoms with Crippen LogP contribution in [0.2, 0.25) is 0 Å². The van der Waals surface area contributed by atoms with Gasteiger partial charge in [0.1, 0.15) is 0 Å². The second-order valence-electron chi connectivity index (χ2n) is 2.21. The van der Waals surface area contributed by atoms with E-state index in [1.165, 1.54) is 0 Å². The summed E-state index contributed by atoms with van der Waals surface area (Å²) in [6.07, 6.45) is 0. The van der Waals surface area contributed by atoms with Crippen LogP contribution >= 0.6 is 31.9 Å². The quantitative estimate of drug-likeness (QED) is 0.777. The Kier molecular flexibility index (Phi) is 2.74. The predicted molar refractivity (Wildman–Crippen MR) is 54.8 cm³/mol. The van der Waals surface area contributed by atoms with E-state index in [-0.39, 0.29) is 0 Å². The van der Waals surface area contributed by atoms with E-state index in [0.717, 1.165) is 4.47 Å². The van der Waals surface area contributed by atoms with Crippen molar-refractivity contribution in [1.82, 2.24) is 0 Å². The summed E-state index contributed by atoms with van der Waals surface area (Å²) in [6.45, 7) is 0. The van der Waals surface area contributed by atoms with Crippen LogP contribution < -0.4 is 11.5 Å². The van der Waals surface area contributed by atoms with Crippen LogP contribution in [0.25, 0.3) is 0 Å². The van der Waals surface area contributed by atoms with Crippen LogP contribution in [0.15, 0.2) is 21.1 Å². The number of anilines is 1. The molecule has 0 fully saturated rings. The molecule has 0 atom stereocenters. The summed E-state index contributed by atoms with van der Waals surface area (Å²) in [6, 6.07) is 3.34. The molecule has 0 aliphatic rings. The summed E-state index contributed by atoms with van der Waals surface area (Å²) >= 11 is 6.42. The maximum atomic E-state index is 10.8. The molecule has 1 aromatic rings. The van der Waals surface area contributed by atoms with Gasteiger partial charge < -0.3 is 11.5 Å². The summed E-state index contributed by atoms with van der Waals surface area (Å²) in [7, 11) is 0. The first-order valence-corrected chi connectivity index (χ1v) is 4.65. The van der Waals surface area contributed by atoms with Crippen molar-refractivity contribution in [3.63, 3.8) is 0 Å². The summed E-state index contributed by atoms with van der Waals surface area (Å²) in [4.78, 5) is 10.8. The van der Waals surface area contributed by atoms with Gasteiger partial charge in [0.25, 0.3) is 5.91 Å². The van der Waals surface area contributed by atoms with Crippen molar-refractivity contribution >= 4 is 43.5 Å². The molecule has 0 aromatic heterocycles. The van der Waals surface area contributed by atoms with Crippen LogP contribution in [0.4, 0.5) is 5.69 Å². The Bertz CT molecular complexity index is 338. The van der Waals surface area contributed by atoms with E-state index in [2.05, 4.69) is 31.9 Å². The molecule has 4 N–H and O–H groups in total. The fourth-order valence-electron chi connectivity index (χ4n) is 0.789. The van der Waals surface area contributed by atoms with Gasteiger partial charge in [-0.05, 0) is 28.1 Å². The predicted octanol–water partition coefficient (Wildman–Crippen LogP) is 1.89. The SMILES string of the molecule is NC(=O)c1cc(Br)cc(Br)c1N. The van der Waals surface area contributed by atoms with Crippen LogP contribution in [0.1, 0.15) is 10.4 Å². The van der Waals surface area contributed by atoms with E-state index in [1.807, 2.05) is 0 Å². The second kappa shape index (κ2) is 3.45. The first-order chi connectivity index (χ1) is 5.52. The van der Waals surface area contributed by atoms with Crippen molar-refractivity contribution in [2.45, 2.75) is 0 Å². The van der Waals surface area contributed by atoms with E-state index >= 15 is 0 Å². The monoisotopic (exact) mass is 292 g/mol. The fourth-order valence-corrected chi connectivity index (χ4v) is 2.01. The molecule has 5 heteroatoms. The molecule has 0 unspecified atom stereocenters. The van der Waals surface area contributed by atoms with E-state index in [0.29, 0.717) is 15.7 Å². The molecule has 0 spiro atoms. The highest BCUT2D eigenvalue weighted by molar-refractivity contribution is 9.11. The first-order valence-electron chi connectivity index (χ1n) is 3.06. The molecule has 0 saturated carbocycles. The van der Waals surface area contributed by atoms with E-state index in [1.54, 1.807) is 12.1 Å². The number of amides is 1. The number of rotatable bonds is 1. The highest BCUT2D eigenvalue weighted by Gasteiger charge is 2.09. The third-order valence-corrected chi connectivity index (χ3v) is 2.47. The summed E-state index contributed by atoms with van der Waals surface area (Å²) < 4.78 is 1.42. The van der Waals surface area contributed by atoms with Gasteiger partial charge in [0.2, 0.25) is 0 Å². The molecule has 12 heavy (non-hydrogen) atoms. The number of hydrogen-bond acceptors (Lipinski definition) is 2. The Labute approximate surface area is 86.4 Å². The molecule has 0 aliphatic carbocycles. The van der Waals surface area contributed by atoms with Gasteiger partial charge >= 0.3 is 0 Å². The lowest BCUT2D eigenvalue weighted by Crippen LogP contribution is -2.13. The van der Waals surface area contributed by atoms with Crippen LogP contribution in [-0.2, 0) is 0 Å². The number of nitrogen functional groups attached to an aromatic ring is 1. The summed E-state index contributed by atoms with van der Waals surface area (Å²) in [5.41, 5.74) is 11.4. The van der Waals surface area contributed by atoms with Crippen LogP contribution in [0.3, 0.4) is 0 Å². The van der Waals surface area contributed by atoms with Gasteiger partial charge in [-0.15, -0.1) is 0 Å². The lowest BCUT2D eigenvalue weighted by atomic mass is 10.2. The lowest BCUT2D eigenvalue weighted by molar-refractivity contribution is 0.100. The molecule has 0 radical (unpaired) electrons. The Hall–Kier alpha value is -0.550. The minimum absolute atomic E-state index is 0.316. The zero-order chi connectivity index (χ0) is 9.30. The van der Waals surface area contributed by atoms with Crippen molar-refractivity contribution in [3.8, 4) is 0 Å². The third kappa shape index (κ3) is 1.78. The minimum atomic E-state index is -0.533. The van der Waals surface area contributed by atoms with Gasteiger partial charge in [0, 0.05) is 8.95 Å². The highest BCUT2D eigenvalue weighted by Crippen LogP contribution is 2.27. The Morgan fingerprint density at radius 2 is 1.92 bits per heavy atom. The van der Waals surface area contributed by atoms with Gasteiger partial charge in [-0.2, -0.15) is 0 Å². The smallest absolute Gasteiger partial charge is 0.250 e. The Morgan fingerprint density at radius 3 is 2.42 bits per heavy atom. The standard InChI is InChI=1S/C7H6Br2N2O/c8-3-1-4(7(11)12)6(10)5(9)2-3/h1-2H,10H2,(H2,11,12). The van der Waals surface area contributed by atoms with Crippen LogP contribution in [0.5, 0.6) is 0 Å². The molecule has 0 aliphatic heterocycles. The van der Waals surface area contributed by atoms with Crippen molar-refractivity contribution in [1.29, 1.82) is 0 Å². The topological polar surface area (TPSA) is 69.1 Å². The number of hydrogen-bond donors (Lipinski definition) is 2. The number of benzene rings is 1. The number of nitrogens with two attached hydrogens (primary N) is 2. The van der Waals surface area contributed by atoms with E-state index in [4.69, 9.17) is 11.5 Å². The van der Waals surface area contributed by atoms with Crippen molar-refractivity contribution in [2.24, 2.45) is 5.73 Å². The lowest BCUT2D eigenvalue weighted by Gasteiger charge is -2.04.